The normalized spacial score (nSPS) is 16.3. The second-order valence-corrected chi connectivity index (χ2v) is 15.9. The van der Waals surface area contributed by atoms with Gasteiger partial charge in [-0.05, 0) is 67.6 Å². The summed E-state index contributed by atoms with van der Waals surface area (Å²) in [6.45, 7) is 12.0. The molecule has 9 heterocycles. The lowest BCUT2D eigenvalue weighted by Gasteiger charge is -2.29. The van der Waals surface area contributed by atoms with Crippen molar-refractivity contribution in [2.45, 2.75) is 6.42 Å². The number of para-hydroxylation sites is 1. The maximum Gasteiger partial charge on any atom is 0.138 e. The van der Waals surface area contributed by atoms with Crippen LogP contribution in [-0.4, -0.2) is 108 Å². The standard InChI is InChI=1S/C16H18N4.C15H15ClN4.C15H15FN4/c1-2-5-14-12(4-1)15-13(6-8-18-15)16(19-14)20-10-3-7-17-9-11-20;16-10-1-2-13-12(9-10)14-11(3-4-18-14)15(19-13)20-7-5-17-6-8-20;16-10-1-2-11-13(9-10)19-15(12-3-4-18-14(11)12)20-7-5-17-6-8-20/h1-2,4-6,8,17-18H,3,7,9-11H2;2*1-4,9,17-18H,5-8H2. The predicted octanol–water partition coefficient (Wildman–Crippen LogP) is 7.56. The summed E-state index contributed by atoms with van der Waals surface area (Å²) in [7, 11) is 0. The van der Waals surface area contributed by atoms with Crippen molar-refractivity contribution in [1.29, 1.82) is 0 Å². The highest BCUT2D eigenvalue weighted by molar-refractivity contribution is 6.31. The molecule has 12 rings (SSSR count). The number of rotatable bonds is 3. The third-order valence-corrected chi connectivity index (χ3v) is 12.0. The van der Waals surface area contributed by atoms with Gasteiger partial charge in [-0.15, -0.1) is 0 Å². The molecule has 6 aromatic heterocycles. The largest absolute Gasteiger partial charge is 0.361 e. The molecular weight excluding hydrogens is 775 g/mol. The first kappa shape index (κ1) is 38.2. The van der Waals surface area contributed by atoms with Crippen LogP contribution in [0.3, 0.4) is 0 Å². The summed E-state index contributed by atoms with van der Waals surface area (Å²) in [5.74, 6) is 2.88. The van der Waals surface area contributed by atoms with E-state index < -0.39 is 0 Å². The van der Waals surface area contributed by atoms with Crippen LogP contribution in [0.1, 0.15) is 6.42 Å². The molecule has 3 aliphatic rings. The average molecular weight is 823 g/mol. The molecule has 0 unspecified atom stereocenters. The van der Waals surface area contributed by atoms with Crippen LogP contribution < -0.4 is 30.7 Å². The SMILES string of the molecule is Clc1ccc2nc(N3CCNCC3)c3cc[nH]c3c2c1.Fc1ccc2c(c1)nc(N1CCNCC1)c1cc[nH]c12.c1ccc2c(c1)nc(N1CCCNCC1)c1cc[nH]c12. The number of aromatic amines is 3. The summed E-state index contributed by atoms with van der Waals surface area (Å²) in [6.07, 6.45) is 7.07. The Bertz CT molecular complexity index is 2920. The first-order valence-corrected chi connectivity index (χ1v) is 21.3. The van der Waals surface area contributed by atoms with E-state index >= 15 is 0 Å². The average Bonchev–Trinajstić information content (AvgIpc) is 4.06. The smallest absolute Gasteiger partial charge is 0.138 e. The van der Waals surface area contributed by atoms with Crippen molar-refractivity contribution in [3.63, 3.8) is 0 Å². The minimum atomic E-state index is -0.248. The van der Waals surface area contributed by atoms with Gasteiger partial charge in [0.2, 0.25) is 0 Å². The maximum absolute atomic E-state index is 13.5. The van der Waals surface area contributed by atoms with Gasteiger partial charge in [-0.1, -0.05) is 29.8 Å². The van der Waals surface area contributed by atoms with Gasteiger partial charge in [-0.2, -0.15) is 0 Å². The Kier molecular flexibility index (Phi) is 10.8. The molecule has 12 nitrogen and oxygen atoms in total. The number of nitrogens with zero attached hydrogens (tertiary/aromatic N) is 6. The van der Waals surface area contributed by atoms with E-state index in [1.54, 1.807) is 6.07 Å². The van der Waals surface area contributed by atoms with E-state index in [0.29, 0.717) is 5.52 Å². The van der Waals surface area contributed by atoms with E-state index in [-0.39, 0.29) is 5.82 Å². The minimum Gasteiger partial charge on any atom is -0.361 e. The molecule has 14 heteroatoms. The van der Waals surface area contributed by atoms with Crippen LogP contribution in [0, 0.1) is 5.82 Å². The summed E-state index contributed by atoms with van der Waals surface area (Å²) in [4.78, 5) is 31.5. The Morgan fingerprint density at radius 3 is 1.53 bits per heavy atom. The molecule has 0 aliphatic carbocycles. The van der Waals surface area contributed by atoms with E-state index in [2.05, 4.69) is 82.0 Å². The maximum atomic E-state index is 13.5. The molecule has 9 aromatic rings. The van der Waals surface area contributed by atoms with Gasteiger partial charge in [0.05, 0.1) is 33.1 Å². The highest BCUT2D eigenvalue weighted by Gasteiger charge is 2.20. The van der Waals surface area contributed by atoms with Crippen LogP contribution in [-0.2, 0) is 0 Å². The minimum absolute atomic E-state index is 0.248. The Morgan fingerprint density at radius 1 is 0.450 bits per heavy atom. The predicted molar refractivity (Wildman–Crippen MR) is 246 cm³/mol. The number of halogens is 2. The number of hydrogen-bond donors (Lipinski definition) is 6. The Labute approximate surface area is 351 Å². The molecule has 3 aliphatic heterocycles. The van der Waals surface area contributed by atoms with Crippen molar-refractivity contribution in [2.24, 2.45) is 0 Å². The molecule has 0 bridgehead atoms. The molecule has 60 heavy (non-hydrogen) atoms. The summed E-state index contributed by atoms with van der Waals surface area (Å²) in [5, 5.41) is 17.6. The Morgan fingerprint density at radius 2 is 0.933 bits per heavy atom. The van der Waals surface area contributed by atoms with E-state index in [9.17, 15) is 4.39 Å². The summed E-state index contributed by atoms with van der Waals surface area (Å²) < 4.78 is 13.5. The van der Waals surface area contributed by atoms with Gasteiger partial charge in [0, 0.05) is 134 Å². The summed E-state index contributed by atoms with van der Waals surface area (Å²) >= 11 is 6.11. The van der Waals surface area contributed by atoms with Gasteiger partial charge in [0.15, 0.2) is 0 Å². The number of pyridine rings is 3. The van der Waals surface area contributed by atoms with Gasteiger partial charge in [-0.25, -0.2) is 19.3 Å². The first-order valence-electron chi connectivity index (χ1n) is 20.9. The number of piperazine rings is 2. The number of H-pyrrole nitrogens is 3. The number of benzene rings is 3. The zero-order valence-corrected chi connectivity index (χ0v) is 34.1. The second-order valence-electron chi connectivity index (χ2n) is 15.5. The van der Waals surface area contributed by atoms with E-state index in [4.69, 9.17) is 26.6 Å². The third-order valence-electron chi connectivity index (χ3n) is 11.7. The molecular formula is C46H48ClFN12. The zero-order valence-electron chi connectivity index (χ0n) is 33.4. The highest BCUT2D eigenvalue weighted by Crippen LogP contribution is 2.34. The number of anilines is 3. The Balaban J connectivity index is 0.000000108. The fraction of sp³-hybridized carbons (Fsp3) is 0.283. The molecule has 3 saturated heterocycles. The molecule has 3 aromatic carbocycles. The van der Waals surface area contributed by atoms with Crippen molar-refractivity contribution in [3.05, 3.63) is 108 Å². The van der Waals surface area contributed by atoms with E-state index in [0.717, 1.165) is 139 Å². The monoisotopic (exact) mass is 822 g/mol. The first-order chi connectivity index (χ1) is 29.6. The fourth-order valence-electron chi connectivity index (χ4n) is 8.79. The van der Waals surface area contributed by atoms with Crippen LogP contribution in [0.5, 0.6) is 0 Å². The van der Waals surface area contributed by atoms with Gasteiger partial charge >= 0.3 is 0 Å². The van der Waals surface area contributed by atoms with Crippen molar-refractivity contribution in [2.75, 3.05) is 93.2 Å². The quantitative estimate of drug-likeness (QED) is 0.107. The highest BCUT2D eigenvalue weighted by atomic mass is 35.5. The lowest BCUT2D eigenvalue weighted by molar-refractivity contribution is 0.586. The summed E-state index contributed by atoms with van der Waals surface area (Å²) in [5.41, 5.74) is 6.10. The van der Waals surface area contributed by atoms with Gasteiger partial charge in [-0.3, -0.25) is 0 Å². The number of fused-ring (bicyclic) bond motifs is 9. The van der Waals surface area contributed by atoms with E-state index in [1.807, 2.05) is 42.9 Å². The van der Waals surface area contributed by atoms with Crippen LogP contribution in [0.25, 0.3) is 65.4 Å². The molecule has 3 fully saturated rings. The topological polar surface area (TPSA) is 132 Å². The summed E-state index contributed by atoms with van der Waals surface area (Å²) in [6, 6.07) is 25.3. The number of aromatic nitrogens is 6. The third kappa shape index (κ3) is 7.54. The number of hydrogen-bond acceptors (Lipinski definition) is 9. The van der Waals surface area contributed by atoms with Crippen molar-refractivity contribution >= 4 is 94.5 Å². The molecule has 306 valence electrons. The lowest BCUT2D eigenvalue weighted by atomic mass is 10.1. The van der Waals surface area contributed by atoms with Gasteiger partial charge < -0.3 is 45.6 Å². The van der Waals surface area contributed by atoms with Crippen molar-refractivity contribution in [3.8, 4) is 0 Å². The molecule has 6 N–H and O–H groups in total. The molecule has 0 spiro atoms. The van der Waals surface area contributed by atoms with Crippen LogP contribution in [0.15, 0.2) is 97.5 Å². The van der Waals surface area contributed by atoms with Crippen LogP contribution in [0.2, 0.25) is 5.02 Å². The fourth-order valence-corrected chi connectivity index (χ4v) is 8.96. The van der Waals surface area contributed by atoms with Crippen molar-refractivity contribution < 1.29 is 4.39 Å². The van der Waals surface area contributed by atoms with Crippen LogP contribution >= 0.6 is 11.6 Å². The van der Waals surface area contributed by atoms with Crippen LogP contribution in [0.4, 0.5) is 21.8 Å². The molecule has 0 saturated carbocycles. The van der Waals surface area contributed by atoms with E-state index in [1.165, 1.54) is 40.2 Å². The van der Waals surface area contributed by atoms with Gasteiger partial charge in [0.1, 0.15) is 23.3 Å². The van der Waals surface area contributed by atoms with Crippen molar-refractivity contribution in [1.82, 2.24) is 45.9 Å². The Hall–Kier alpha value is -5.99. The van der Waals surface area contributed by atoms with Gasteiger partial charge in [0.25, 0.3) is 0 Å². The zero-order chi connectivity index (χ0) is 40.4. The number of nitrogens with one attached hydrogen (secondary N) is 6. The molecule has 0 radical (unpaired) electrons. The second kappa shape index (κ2) is 16.9. The lowest BCUT2D eigenvalue weighted by Crippen LogP contribution is -2.43. The molecule has 0 atom stereocenters. The molecule has 0 amide bonds.